The van der Waals surface area contributed by atoms with Gasteiger partial charge in [-0.2, -0.15) is 4.31 Å². The van der Waals surface area contributed by atoms with Crippen LogP contribution in [0.3, 0.4) is 0 Å². The standard InChI is InChI=1S/C15H23N3O2S/c1-4-8-17(9-5-2)21(19,20)15-10-14(11-16-3)18(12-15)13-6-7-13/h1,10,12-13,16H,5-9,11H2,2-3H3. The van der Waals surface area contributed by atoms with E-state index in [1.165, 1.54) is 4.31 Å². The molecule has 0 unspecified atom stereocenters. The number of sulfonamides is 1. The first-order valence-electron chi connectivity index (χ1n) is 7.33. The van der Waals surface area contributed by atoms with E-state index in [0.717, 1.165) is 25.0 Å². The van der Waals surface area contributed by atoms with Crippen molar-refractivity contribution in [1.82, 2.24) is 14.2 Å². The fraction of sp³-hybridized carbons (Fsp3) is 0.600. The van der Waals surface area contributed by atoms with Crippen LogP contribution in [0.15, 0.2) is 17.2 Å². The lowest BCUT2D eigenvalue weighted by Gasteiger charge is -2.18. The largest absolute Gasteiger partial charge is 0.346 e. The molecular weight excluding hydrogens is 286 g/mol. The molecule has 0 amide bonds. The quantitative estimate of drug-likeness (QED) is 0.742. The minimum atomic E-state index is -3.51. The molecule has 0 saturated heterocycles. The molecule has 5 nitrogen and oxygen atoms in total. The summed E-state index contributed by atoms with van der Waals surface area (Å²) in [6.45, 7) is 3.17. The van der Waals surface area contributed by atoms with Gasteiger partial charge in [0.2, 0.25) is 10.0 Å². The third kappa shape index (κ3) is 3.49. The summed E-state index contributed by atoms with van der Waals surface area (Å²) in [4.78, 5) is 0.350. The highest BCUT2D eigenvalue weighted by Gasteiger charge is 2.30. The minimum absolute atomic E-state index is 0.117. The van der Waals surface area contributed by atoms with Crippen molar-refractivity contribution in [3.63, 3.8) is 0 Å². The Bertz CT molecular complexity index is 624. The Balaban J connectivity index is 2.34. The molecule has 0 atom stereocenters. The van der Waals surface area contributed by atoms with Gasteiger partial charge in [-0.25, -0.2) is 8.42 Å². The Hall–Kier alpha value is -1.29. The molecule has 21 heavy (non-hydrogen) atoms. The second kappa shape index (κ2) is 6.65. The van der Waals surface area contributed by atoms with Crippen molar-refractivity contribution in [2.24, 2.45) is 0 Å². The van der Waals surface area contributed by atoms with Crippen LogP contribution < -0.4 is 5.32 Å². The highest BCUT2D eigenvalue weighted by molar-refractivity contribution is 7.89. The van der Waals surface area contributed by atoms with Crippen molar-refractivity contribution < 1.29 is 8.42 Å². The SMILES string of the molecule is C#CCN(CCC)S(=O)(=O)c1cc(CNC)n(C2CC2)c1. The van der Waals surface area contributed by atoms with Crippen molar-refractivity contribution in [3.05, 3.63) is 18.0 Å². The van der Waals surface area contributed by atoms with E-state index >= 15 is 0 Å². The van der Waals surface area contributed by atoms with Crippen molar-refractivity contribution in [2.75, 3.05) is 20.1 Å². The molecule has 6 heteroatoms. The zero-order chi connectivity index (χ0) is 15.5. The van der Waals surface area contributed by atoms with Crippen LogP contribution in [0.4, 0.5) is 0 Å². The van der Waals surface area contributed by atoms with Crippen LogP contribution in [-0.2, 0) is 16.6 Å². The Morgan fingerprint density at radius 2 is 2.24 bits per heavy atom. The number of terminal acetylenes is 1. The maximum absolute atomic E-state index is 12.7. The summed E-state index contributed by atoms with van der Waals surface area (Å²) in [6.07, 6.45) is 10.0. The van der Waals surface area contributed by atoms with Gasteiger partial charge in [0.05, 0.1) is 6.54 Å². The Morgan fingerprint density at radius 1 is 1.52 bits per heavy atom. The third-order valence-electron chi connectivity index (χ3n) is 3.58. The van der Waals surface area contributed by atoms with E-state index in [0.29, 0.717) is 24.0 Å². The van der Waals surface area contributed by atoms with Gasteiger partial charge in [0.15, 0.2) is 0 Å². The lowest BCUT2D eigenvalue weighted by molar-refractivity contribution is 0.445. The van der Waals surface area contributed by atoms with E-state index in [9.17, 15) is 8.42 Å². The Kier molecular flexibility index (Phi) is 5.09. The predicted molar refractivity (Wildman–Crippen MR) is 83.3 cm³/mol. The van der Waals surface area contributed by atoms with Crippen molar-refractivity contribution in [1.29, 1.82) is 0 Å². The maximum Gasteiger partial charge on any atom is 0.245 e. The molecular formula is C15H23N3O2S. The Labute approximate surface area is 127 Å². The smallest absolute Gasteiger partial charge is 0.245 e. The van der Waals surface area contributed by atoms with Crippen molar-refractivity contribution >= 4 is 10.0 Å². The van der Waals surface area contributed by atoms with Crippen LogP contribution >= 0.6 is 0 Å². The normalized spacial score (nSPS) is 15.3. The van der Waals surface area contributed by atoms with Gasteiger partial charge in [-0.15, -0.1) is 6.42 Å². The van der Waals surface area contributed by atoms with Gasteiger partial charge in [-0.1, -0.05) is 12.8 Å². The van der Waals surface area contributed by atoms with Crippen molar-refractivity contribution in [2.45, 2.75) is 43.7 Å². The summed E-state index contributed by atoms with van der Waals surface area (Å²) in [5.41, 5.74) is 1.01. The third-order valence-corrected chi connectivity index (χ3v) is 5.39. The maximum atomic E-state index is 12.7. The number of rotatable bonds is 8. The average Bonchev–Trinajstić information content (AvgIpc) is 3.20. The van der Waals surface area contributed by atoms with E-state index in [-0.39, 0.29) is 6.54 Å². The molecule has 1 aromatic rings. The summed E-state index contributed by atoms with van der Waals surface area (Å²) in [6, 6.07) is 2.22. The topological polar surface area (TPSA) is 54.3 Å². The van der Waals surface area contributed by atoms with E-state index in [1.807, 2.05) is 14.0 Å². The van der Waals surface area contributed by atoms with Crippen LogP contribution in [-0.4, -0.2) is 37.4 Å². The van der Waals surface area contributed by atoms with Gasteiger partial charge < -0.3 is 9.88 Å². The first-order chi connectivity index (χ1) is 10.0. The van der Waals surface area contributed by atoms with E-state index in [1.54, 1.807) is 12.3 Å². The lowest BCUT2D eigenvalue weighted by atomic mass is 10.4. The van der Waals surface area contributed by atoms with E-state index in [2.05, 4.69) is 15.8 Å². The number of hydrogen-bond acceptors (Lipinski definition) is 3. The van der Waals surface area contributed by atoms with Gasteiger partial charge in [0, 0.05) is 31.0 Å². The van der Waals surface area contributed by atoms with Crippen LogP contribution in [0.5, 0.6) is 0 Å². The summed E-state index contributed by atoms with van der Waals surface area (Å²) in [5.74, 6) is 2.44. The first kappa shape index (κ1) is 16.1. The second-order valence-electron chi connectivity index (χ2n) is 5.38. The molecule has 1 saturated carbocycles. The van der Waals surface area contributed by atoms with E-state index < -0.39 is 10.0 Å². The zero-order valence-electron chi connectivity index (χ0n) is 12.7. The van der Waals surface area contributed by atoms with Crippen LogP contribution in [0, 0.1) is 12.3 Å². The molecule has 1 fully saturated rings. The molecule has 0 bridgehead atoms. The summed E-state index contributed by atoms with van der Waals surface area (Å²) in [7, 11) is -1.65. The van der Waals surface area contributed by atoms with Gasteiger partial charge in [-0.05, 0) is 32.4 Å². The van der Waals surface area contributed by atoms with Crippen LogP contribution in [0.1, 0.15) is 37.9 Å². The van der Waals surface area contributed by atoms with E-state index in [4.69, 9.17) is 6.42 Å². The number of hydrogen-bond donors (Lipinski definition) is 1. The molecule has 0 spiro atoms. The van der Waals surface area contributed by atoms with Crippen LogP contribution in [0.2, 0.25) is 0 Å². The average molecular weight is 309 g/mol. The minimum Gasteiger partial charge on any atom is -0.346 e. The number of aromatic nitrogens is 1. The predicted octanol–water partition coefficient (Wildman–Crippen LogP) is 1.58. The van der Waals surface area contributed by atoms with Gasteiger partial charge >= 0.3 is 0 Å². The molecule has 1 aliphatic rings. The van der Waals surface area contributed by atoms with Gasteiger partial charge in [0.25, 0.3) is 0 Å². The fourth-order valence-electron chi connectivity index (χ4n) is 2.44. The zero-order valence-corrected chi connectivity index (χ0v) is 13.5. The molecule has 1 aliphatic carbocycles. The highest BCUT2D eigenvalue weighted by Crippen LogP contribution is 2.37. The number of nitrogens with zero attached hydrogens (tertiary/aromatic N) is 2. The van der Waals surface area contributed by atoms with Gasteiger partial charge in [0.1, 0.15) is 4.90 Å². The molecule has 1 aromatic heterocycles. The molecule has 0 aromatic carbocycles. The fourth-order valence-corrected chi connectivity index (χ4v) is 3.93. The monoisotopic (exact) mass is 309 g/mol. The number of nitrogens with one attached hydrogen (secondary N) is 1. The lowest BCUT2D eigenvalue weighted by Crippen LogP contribution is -2.32. The Morgan fingerprint density at radius 3 is 2.76 bits per heavy atom. The molecule has 1 N–H and O–H groups in total. The first-order valence-corrected chi connectivity index (χ1v) is 8.77. The molecule has 1 heterocycles. The summed E-state index contributed by atoms with van der Waals surface area (Å²) in [5, 5.41) is 3.09. The molecule has 0 aliphatic heterocycles. The highest BCUT2D eigenvalue weighted by atomic mass is 32.2. The van der Waals surface area contributed by atoms with Crippen LogP contribution in [0.25, 0.3) is 0 Å². The van der Waals surface area contributed by atoms with Gasteiger partial charge in [-0.3, -0.25) is 0 Å². The van der Waals surface area contributed by atoms with Crippen molar-refractivity contribution in [3.8, 4) is 12.3 Å². The summed E-state index contributed by atoms with van der Waals surface area (Å²) >= 11 is 0. The molecule has 2 rings (SSSR count). The molecule has 116 valence electrons. The molecule has 0 radical (unpaired) electrons. The second-order valence-corrected chi connectivity index (χ2v) is 7.32. The summed E-state index contributed by atoms with van der Waals surface area (Å²) < 4.78 is 28.9.